The number of rotatable bonds is 17. The van der Waals surface area contributed by atoms with Gasteiger partial charge in [-0.2, -0.15) is 0 Å². The van der Waals surface area contributed by atoms with Crippen molar-refractivity contribution >= 4 is 11.0 Å². The van der Waals surface area contributed by atoms with Crippen molar-refractivity contribution in [2.75, 3.05) is 0 Å². The minimum absolute atomic E-state index is 0.0450. The summed E-state index contributed by atoms with van der Waals surface area (Å²) in [6, 6.07) is 3.65. The van der Waals surface area contributed by atoms with Gasteiger partial charge in [0.15, 0.2) is 0 Å². The highest BCUT2D eigenvalue weighted by Gasteiger charge is 2.30. The molecule has 2 nitrogen and oxygen atoms in total. The van der Waals surface area contributed by atoms with Crippen LogP contribution in [-0.4, -0.2) is 9.97 Å². The highest BCUT2D eigenvalue weighted by atomic mass is 19.1. The molecule has 0 saturated heterocycles. The summed E-state index contributed by atoms with van der Waals surface area (Å²) in [6.07, 6.45) is 19.9. The number of benzene rings is 1. The van der Waals surface area contributed by atoms with Crippen LogP contribution in [0.1, 0.15) is 149 Å². The van der Waals surface area contributed by atoms with Crippen molar-refractivity contribution in [3.8, 4) is 0 Å². The summed E-state index contributed by atoms with van der Waals surface area (Å²) in [5, 5.41) is 0. The van der Waals surface area contributed by atoms with E-state index in [0.717, 1.165) is 55.3 Å². The highest BCUT2D eigenvalue weighted by Crippen LogP contribution is 2.38. The molecule has 0 bridgehead atoms. The Kier molecular flexibility index (Phi) is 12.0. The number of nitrogens with zero attached hydrogens (tertiary/aromatic N) is 2. The Balaban J connectivity index is 2.23. The van der Waals surface area contributed by atoms with Gasteiger partial charge in [0, 0.05) is 17.7 Å². The molecule has 1 atom stereocenters. The summed E-state index contributed by atoms with van der Waals surface area (Å²) < 4.78 is 15.6. The van der Waals surface area contributed by atoms with Crippen LogP contribution < -0.4 is 0 Å². The Morgan fingerprint density at radius 2 is 1.24 bits per heavy atom. The number of fused-ring (bicyclic) bond motifs is 1. The molecule has 1 heterocycles. The molecule has 0 saturated carbocycles. The second kappa shape index (κ2) is 14.1. The molecule has 0 fully saturated rings. The number of hydrogen-bond donors (Lipinski definition) is 0. The Morgan fingerprint density at radius 1 is 0.676 bits per heavy atom. The summed E-state index contributed by atoms with van der Waals surface area (Å²) in [4.78, 5) is 9.69. The standard InChI is InChI=1S/C31H51FN2/c1-7-10-13-15-17-19-30(4,5)29-24-33-27-22-25(26(32)23-28(27)34-29)31(6,20-12-9-3)21-18-16-14-11-8-2/h22-24H,7-21H2,1-6H3. The van der Waals surface area contributed by atoms with Gasteiger partial charge in [-0.25, -0.2) is 9.37 Å². The van der Waals surface area contributed by atoms with Crippen LogP contribution in [0.2, 0.25) is 0 Å². The van der Waals surface area contributed by atoms with Crippen LogP contribution >= 0.6 is 0 Å². The Morgan fingerprint density at radius 3 is 1.85 bits per heavy atom. The van der Waals surface area contributed by atoms with Gasteiger partial charge >= 0.3 is 0 Å². The van der Waals surface area contributed by atoms with E-state index in [2.05, 4.69) is 41.5 Å². The molecule has 0 aliphatic heterocycles. The lowest BCUT2D eigenvalue weighted by atomic mass is 9.74. The van der Waals surface area contributed by atoms with Crippen LogP contribution in [0, 0.1) is 5.82 Å². The lowest BCUT2D eigenvalue weighted by molar-refractivity contribution is 0.355. The molecule has 0 aliphatic rings. The Labute approximate surface area is 209 Å². The van der Waals surface area contributed by atoms with Crippen LogP contribution in [0.25, 0.3) is 11.0 Å². The molecule has 1 unspecified atom stereocenters. The molecular weight excluding hydrogens is 419 g/mol. The van der Waals surface area contributed by atoms with Crippen molar-refractivity contribution in [2.24, 2.45) is 0 Å². The average Bonchev–Trinajstić information content (AvgIpc) is 2.81. The van der Waals surface area contributed by atoms with Crippen molar-refractivity contribution in [1.29, 1.82) is 0 Å². The van der Waals surface area contributed by atoms with Crippen LogP contribution in [0.15, 0.2) is 18.3 Å². The van der Waals surface area contributed by atoms with Gasteiger partial charge in [-0.1, -0.05) is 119 Å². The maximum Gasteiger partial charge on any atom is 0.129 e. The van der Waals surface area contributed by atoms with E-state index in [0.29, 0.717) is 5.52 Å². The molecule has 0 N–H and O–H groups in total. The molecule has 1 aromatic heterocycles. The van der Waals surface area contributed by atoms with Gasteiger partial charge in [-0.15, -0.1) is 0 Å². The summed E-state index contributed by atoms with van der Waals surface area (Å²) in [6.45, 7) is 13.5. The second-order valence-electron chi connectivity index (χ2n) is 11.5. The summed E-state index contributed by atoms with van der Waals surface area (Å²) in [5.74, 6) is -0.108. The zero-order valence-electron chi connectivity index (χ0n) is 23.1. The zero-order valence-corrected chi connectivity index (χ0v) is 23.1. The molecule has 0 radical (unpaired) electrons. The van der Waals surface area contributed by atoms with Gasteiger partial charge in [-0.05, 0) is 36.3 Å². The van der Waals surface area contributed by atoms with Gasteiger partial charge < -0.3 is 0 Å². The summed E-state index contributed by atoms with van der Waals surface area (Å²) >= 11 is 0. The van der Waals surface area contributed by atoms with Crippen molar-refractivity contribution in [1.82, 2.24) is 9.97 Å². The van der Waals surface area contributed by atoms with E-state index >= 15 is 4.39 Å². The molecule has 192 valence electrons. The fraction of sp³-hybridized carbons (Fsp3) is 0.742. The van der Waals surface area contributed by atoms with E-state index < -0.39 is 0 Å². The van der Waals surface area contributed by atoms with E-state index in [4.69, 9.17) is 9.97 Å². The third-order valence-electron chi connectivity index (χ3n) is 7.79. The molecule has 0 amide bonds. The Bertz CT molecular complexity index is 860. The quantitative estimate of drug-likeness (QED) is 0.215. The van der Waals surface area contributed by atoms with Gasteiger partial charge in [0.1, 0.15) is 5.82 Å². The van der Waals surface area contributed by atoms with Crippen LogP contribution in [0.3, 0.4) is 0 Å². The van der Waals surface area contributed by atoms with Gasteiger partial charge in [0.05, 0.1) is 16.7 Å². The van der Waals surface area contributed by atoms with E-state index in [1.807, 2.05) is 12.3 Å². The van der Waals surface area contributed by atoms with Crippen LogP contribution in [0.5, 0.6) is 0 Å². The fourth-order valence-electron chi connectivity index (χ4n) is 5.20. The van der Waals surface area contributed by atoms with Crippen LogP contribution in [-0.2, 0) is 10.8 Å². The van der Waals surface area contributed by atoms with Crippen molar-refractivity contribution < 1.29 is 4.39 Å². The molecule has 0 spiro atoms. The molecule has 2 rings (SSSR count). The van der Waals surface area contributed by atoms with Crippen LogP contribution in [0.4, 0.5) is 4.39 Å². The van der Waals surface area contributed by atoms with Gasteiger partial charge in [0.2, 0.25) is 0 Å². The van der Waals surface area contributed by atoms with Crippen molar-refractivity contribution in [3.05, 3.63) is 35.4 Å². The third kappa shape index (κ3) is 8.31. The first-order valence-corrected chi connectivity index (χ1v) is 14.2. The highest BCUT2D eigenvalue weighted by molar-refractivity contribution is 5.75. The minimum atomic E-state index is -0.140. The van der Waals surface area contributed by atoms with E-state index in [-0.39, 0.29) is 16.6 Å². The topological polar surface area (TPSA) is 25.8 Å². The smallest absolute Gasteiger partial charge is 0.129 e. The largest absolute Gasteiger partial charge is 0.253 e. The number of hydrogen-bond acceptors (Lipinski definition) is 2. The predicted molar refractivity (Wildman–Crippen MR) is 146 cm³/mol. The predicted octanol–water partition coefficient (Wildman–Crippen LogP) is 10.2. The van der Waals surface area contributed by atoms with Gasteiger partial charge in [0.25, 0.3) is 0 Å². The summed E-state index contributed by atoms with van der Waals surface area (Å²) in [5.41, 5.74) is 3.15. The lowest BCUT2D eigenvalue weighted by Crippen LogP contribution is -2.24. The zero-order chi connectivity index (χ0) is 25.0. The third-order valence-corrected chi connectivity index (χ3v) is 7.79. The monoisotopic (exact) mass is 470 g/mol. The number of aromatic nitrogens is 2. The van der Waals surface area contributed by atoms with Crippen molar-refractivity contribution in [3.63, 3.8) is 0 Å². The maximum absolute atomic E-state index is 15.6. The minimum Gasteiger partial charge on any atom is -0.253 e. The maximum atomic E-state index is 15.6. The number of halogens is 1. The first-order valence-electron chi connectivity index (χ1n) is 14.2. The molecule has 3 heteroatoms. The van der Waals surface area contributed by atoms with Crippen molar-refractivity contribution in [2.45, 2.75) is 149 Å². The van der Waals surface area contributed by atoms with E-state index in [9.17, 15) is 0 Å². The first kappa shape index (κ1) is 28.7. The lowest BCUT2D eigenvalue weighted by Gasteiger charge is -2.31. The number of unbranched alkanes of at least 4 members (excludes halogenated alkanes) is 9. The molecule has 0 aliphatic carbocycles. The SMILES string of the molecule is CCCCCCCC(C)(C)c1cnc2cc(C(C)(CCCC)CCCCCCC)c(F)cc2n1. The molecule has 34 heavy (non-hydrogen) atoms. The van der Waals surface area contributed by atoms with E-state index in [1.165, 1.54) is 57.8 Å². The summed E-state index contributed by atoms with van der Waals surface area (Å²) in [7, 11) is 0. The normalized spacial score (nSPS) is 14.0. The average molecular weight is 471 g/mol. The second-order valence-corrected chi connectivity index (χ2v) is 11.5. The molecular formula is C31H51FN2. The first-order chi connectivity index (χ1) is 16.3. The van der Waals surface area contributed by atoms with E-state index in [1.54, 1.807) is 6.07 Å². The fourth-order valence-corrected chi connectivity index (χ4v) is 5.20. The van der Waals surface area contributed by atoms with Gasteiger partial charge in [-0.3, -0.25) is 4.98 Å². The Hall–Kier alpha value is -1.51. The molecule has 2 aromatic rings. The molecule has 1 aromatic carbocycles.